The van der Waals surface area contributed by atoms with Crippen molar-refractivity contribution in [3.05, 3.63) is 30.3 Å². The third kappa shape index (κ3) is 3.71. The second-order valence-corrected chi connectivity index (χ2v) is 7.13. The first-order valence-corrected chi connectivity index (χ1v) is 8.13. The second-order valence-electron chi connectivity index (χ2n) is 4.95. The molecule has 5 heteroatoms. The molecule has 1 aromatic carbocycles. The van der Waals surface area contributed by atoms with Crippen LogP contribution in [0.1, 0.15) is 6.92 Å². The largest absolute Gasteiger partial charge is 0.488 e. The molecule has 1 heterocycles. The van der Waals surface area contributed by atoms with Crippen molar-refractivity contribution in [3.63, 3.8) is 0 Å². The number of nitrogens with zero attached hydrogens (tertiary/aromatic N) is 1. The Bertz CT molecular complexity index is 480. The molecule has 100 valence electrons. The van der Waals surface area contributed by atoms with E-state index in [1.807, 2.05) is 37.3 Å². The molecule has 1 fully saturated rings. The number of rotatable bonds is 5. The number of ether oxygens (including phenoxy) is 1. The Balaban J connectivity index is 1.77. The molecule has 0 aliphatic carbocycles. The first kappa shape index (κ1) is 13.4. The highest BCUT2D eigenvalue weighted by Crippen LogP contribution is 2.19. The lowest BCUT2D eigenvalue weighted by Gasteiger charge is -2.42. The van der Waals surface area contributed by atoms with Gasteiger partial charge < -0.3 is 4.74 Å². The number of benzene rings is 1. The average Bonchev–Trinajstić information content (AvgIpc) is 2.21. The van der Waals surface area contributed by atoms with Gasteiger partial charge in [0.2, 0.25) is 0 Å². The summed E-state index contributed by atoms with van der Waals surface area (Å²) in [6.45, 7) is 3.54. The SMILES string of the molecule is C[C@H](CS(C)(=O)=O)N1CC(Oc2ccccc2)C1. The molecule has 1 aliphatic heterocycles. The first-order valence-electron chi connectivity index (χ1n) is 6.07. The molecule has 1 aliphatic rings. The van der Waals surface area contributed by atoms with Crippen LogP contribution in [0.4, 0.5) is 0 Å². The maximum atomic E-state index is 11.2. The lowest BCUT2D eigenvalue weighted by atomic mass is 10.1. The lowest BCUT2D eigenvalue weighted by molar-refractivity contribution is 0.000956. The number of likely N-dealkylation sites (tertiary alicyclic amines) is 1. The number of sulfone groups is 1. The highest BCUT2D eigenvalue weighted by atomic mass is 32.2. The van der Waals surface area contributed by atoms with Crippen LogP contribution in [0.15, 0.2) is 30.3 Å². The van der Waals surface area contributed by atoms with Gasteiger partial charge in [0.15, 0.2) is 0 Å². The molecule has 4 nitrogen and oxygen atoms in total. The van der Waals surface area contributed by atoms with Crippen LogP contribution >= 0.6 is 0 Å². The van der Waals surface area contributed by atoms with Crippen molar-refractivity contribution in [1.29, 1.82) is 0 Å². The maximum Gasteiger partial charge on any atom is 0.148 e. The van der Waals surface area contributed by atoms with Gasteiger partial charge in [0.1, 0.15) is 21.7 Å². The Morgan fingerprint density at radius 2 is 1.94 bits per heavy atom. The van der Waals surface area contributed by atoms with E-state index in [0.29, 0.717) is 0 Å². The highest BCUT2D eigenvalue weighted by Gasteiger charge is 2.32. The van der Waals surface area contributed by atoms with Crippen LogP contribution in [0.5, 0.6) is 5.75 Å². The summed E-state index contributed by atoms with van der Waals surface area (Å²) in [7, 11) is -2.90. The van der Waals surface area contributed by atoms with Gasteiger partial charge in [0.25, 0.3) is 0 Å². The molecular formula is C13H19NO3S. The molecule has 1 aromatic rings. The predicted molar refractivity (Wildman–Crippen MR) is 71.6 cm³/mol. The number of hydrogen-bond donors (Lipinski definition) is 0. The molecule has 0 aromatic heterocycles. The zero-order chi connectivity index (χ0) is 13.2. The zero-order valence-corrected chi connectivity index (χ0v) is 11.6. The quantitative estimate of drug-likeness (QED) is 0.805. The van der Waals surface area contributed by atoms with Gasteiger partial charge in [-0.05, 0) is 19.1 Å². The van der Waals surface area contributed by atoms with Crippen molar-refractivity contribution in [1.82, 2.24) is 4.90 Å². The van der Waals surface area contributed by atoms with Crippen LogP contribution in [0.2, 0.25) is 0 Å². The third-order valence-corrected chi connectivity index (χ3v) is 4.18. The third-order valence-electron chi connectivity index (χ3n) is 3.09. The van der Waals surface area contributed by atoms with Gasteiger partial charge >= 0.3 is 0 Å². The fourth-order valence-electron chi connectivity index (χ4n) is 2.14. The van der Waals surface area contributed by atoms with Gasteiger partial charge in [-0.3, -0.25) is 4.90 Å². The van der Waals surface area contributed by atoms with Gasteiger partial charge in [0.05, 0.1) is 5.75 Å². The van der Waals surface area contributed by atoms with Crippen molar-refractivity contribution >= 4 is 9.84 Å². The number of hydrogen-bond acceptors (Lipinski definition) is 4. The molecular weight excluding hydrogens is 250 g/mol. The van der Waals surface area contributed by atoms with Gasteiger partial charge in [-0.15, -0.1) is 0 Å². The van der Waals surface area contributed by atoms with Crippen molar-refractivity contribution in [2.45, 2.75) is 19.1 Å². The zero-order valence-electron chi connectivity index (χ0n) is 10.7. The Hall–Kier alpha value is -1.07. The topological polar surface area (TPSA) is 46.6 Å². The van der Waals surface area contributed by atoms with Crippen LogP contribution in [0.3, 0.4) is 0 Å². The molecule has 0 unspecified atom stereocenters. The van der Waals surface area contributed by atoms with Crippen LogP contribution < -0.4 is 4.74 Å². The minimum Gasteiger partial charge on any atom is -0.488 e. The minimum atomic E-state index is -2.90. The average molecular weight is 269 g/mol. The maximum absolute atomic E-state index is 11.2. The van der Waals surface area contributed by atoms with E-state index in [2.05, 4.69) is 4.90 Å². The van der Waals surface area contributed by atoms with E-state index in [9.17, 15) is 8.42 Å². The monoisotopic (exact) mass is 269 g/mol. The van der Waals surface area contributed by atoms with Crippen LogP contribution in [-0.2, 0) is 9.84 Å². The summed E-state index contributed by atoms with van der Waals surface area (Å²) in [5.74, 6) is 1.09. The smallest absolute Gasteiger partial charge is 0.148 e. The van der Waals surface area contributed by atoms with Crippen LogP contribution in [0.25, 0.3) is 0 Å². The Morgan fingerprint density at radius 1 is 1.33 bits per heavy atom. The molecule has 0 bridgehead atoms. The van der Waals surface area contributed by atoms with E-state index in [-0.39, 0.29) is 17.9 Å². The first-order chi connectivity index (χ1) is 8.44. The normalized spacial score (nSPS) is 19.2. The summed E-state index contributed by atoms with van der Waals surface area (Å²) in [5, 5.41) is 0. The van der Waals surface area contributed by atoms with Gasteiger partial charge in [-0.25, -0.2) is 8.42 Å². The molecule has 0 N–H and O–H groups in total. The van der Waals surface area contributed by atoms with Gasteiger partial charge in [-0.1, -0.05) is 18.2 Å². The Kier molecular flexibility index (Phi) is 3.92. The molecule has 0 spiro atoms. The Morgan fingerprint density at radius 3 is 2.50 bits per heavy atom. The molecule has 1 saturated heterocycles. The van der Waals surface area contributed by atoms with Crippen molar-refractivity contribution in [2.24, 2.45) is 0 Å². The predicted octanol–water partition coefficient (Wildman–Crippen LogP) is 1.18. The van der Waals surface area contributed by atoms with E-state index >= 15 is 0 Å². The molecule has 2 rings (SSSR count). The van der Waals surface area contributed by atoms with Crippen molar-refractivity contribution in [2.75, 3.05) is 25.1 Å². The minimum absolute atomic E-state index is 0.0654. The summed E-state index contributed by atoms with van der Waals surface area (Å²) in [6, 6.07) is 9.77. The second kappa shape index (κ2) is 5.28. The summed E-state index contributed by atoms with van der Waals surface area (Å²) in [6.07, 6.45) is 1.45. The fourth-order valence-corrected chi connectivity index (χ4v) is 3.23. The Labute approximate surface area is 108 Å². The van der Waals surface area contributed by atoms with Gasteiger partial charge in [-0.2, -0.15) is 0 Å². The summed E-state index contributed by atoms with van der Waals surface area (Å²) >= 11 is 0. The van der Waals surface area contributed by atoms with E-state index in [0.717, 1.165) is 18.8 Å². The molecule has 0 radical (unpaired) electrons. The van der Waals surface area contributed by atoms with E-state index in [4.69, 9.17) is 4.74 Å². The van der Waals surface area contributed by atoms with Gasteiger partial charge in [0, 0.05) is 25.4 Å². The lowest BCUT2D eigenvalue weighted by Crippen LogP contribution is -2.58. The van der Waals surface area contributed by atoms with E-state index in [1.165, 1.54) is 6.26 Å². The van der Waals surface area contributed by atoms with E-state index in [1.54, 1.807) is 0 Å². The molecule has 18 heavy (non-hydrogen) atoms. The summed E-state index contributed by atoms with van der Waals surface area (Å²) in [4.78, 5) is 2.13. The van der Waals surface area contributed by atoms with Crippen molar-refractivity contribution in [3.8, 4) is 5.75 Å². The van der Waals surface area contributed by atoms with E-state index < -0.39 is 9.84 Å². The molecule has 1 atom stereocenters. The van der Waals surface area contributed by atoms with Crippen molar-refractivity contribution < 1.29 is 13.2 Å². The fraction of sp³-hybridized carbons (Fsp3) is 0.538. The molecule has 0 amide bonds. The summed E-state index contributed by atoms with van der Waals surface area (Å²) in [5.41, 5.74) is 0. The van der Waals surface area contributed by atoms with Crippen LogP contribution in [-0.4, -0.2) is 50.6 Å². The summed E-state index contributed by atoms with van der Waals surface area (Å²) < 4.78 is 28.2. The van der Waals surface area contributed by atoms with Crippen LogP contribution in [0, 0.1) is 0 Å². The standard InChI is InChI=1S/C13H19NO3S/c1-11(10-18(2,15)16)14-8-13(9-14)17-12-6-4-3-5-7-12/h3-7,11,13H,8-10H2,1-2H3/t11-/m1/s1. The number of para-hydroxylation sites is 1. The highest BCUT2D eigenvalue weighted by molar-refractivity contribution is 7.90. The molecule has 0 saturated carbocycles.